The van der Waals surface area contributed by atoms with Gasteiger partial charge < -0.3 is 10.8 Å². The summed E-state index contributed by atoms with van der Waals surface area (Å²) < 4.78 is 26.6. The molecule has 1 aromatic carbocycles. The molecule has 0 saturated carbocycles. The highest BCUT2D eigenvalue weighted by atomic mass is 79.9. The van der Waals surface area contributed by atoms with Gasteiger partial charge in [-0.2, -0.15) is 0 Å². The minimum Gasteiger partial charge on any atom is -0.480 e. The van der Waals surface area contributed by atoms with E-state index in [1.54, 1.807) is 24.3 Å². The van der Waals surface area contributed by atoms with E-state index in [9.17, 15) is 13.2 Å². The fourth-order valence-electron chi connectivity index (χ4n) is 2.07. The van der Waals surface area contributed by atoms with E-state index in [2.05, 4.69) is 20.7 Å². The average molecular weight is 407 g/mol. The highest BCUT2D eigenvalue weighted by Crippen LogP contribution is 2.15. The SMILES string of the molecule is N[C@@H](Cc1cccc(NS(=O)(=O)CCCCCCBr)c1)C(=O)O. The lowest BCUT2D eigenvalue weighted by atomic mass is 10.1. The molecule has 0 aromatic heterocycles. The van der Waals surface area contributed by atoms with E-state index < -0.39 is 22.0 Å². The van der Waals surface area contributed by atoms with Gasteiger partial charge in [-0.05, 0) is 37.0 Å². The summed E-state index contributed by atoms with van der Waals surface area (Å²) in [5.74, 6) is -1.01. The summed E-state index contributed by atoms with van der Waals surface area (Å²) in [6.07, 6.45) is 3.69. The number of rotatable bonds is 11. The van der Waals surface area contributed by atoms with E-state index in [1.807, 2.05) is 0 Å². The van der Waals surface area contributed by atoms with Gasteiger partial charge in [0.1, 0.15) is 6.04 Å². The van der Waals surface area contributed by atoms with Gasteiger partial charge in [-0.15, -0.1) is 0 Å². The fourth-order valence-corrected chi connectivity index (χ4v) is 3.64. The van der Waals surface area contributed by atoms with Gasteiger partial charge in [-0.3, -0.25) is 9.52 Å². The molecule has 0 unspecified atom stereocenters. The predicted octanol–water partition coefficient (Wildman–Crippen LogP) is 2.34. The number of anilines is 1. The molecule has 0 amide bonds. The minimum absolute atomic E-state index is 0.0775. The van der Waals surface area contributed by atoms with E-state index in [1.165, 1.54) is 0 Å². The van der Waals surface area contributed by atoms with Crippen LogP contribution in [0, 0.1) is 0 Å². The van der Waals surface area contributed by atoms with Crippen LogP contribution in [0.3, 0.4) is 0 Å². The Morgan fingerprint density at radius 1 is 1.26 bits per heavy atom. The molecule has 0 radical (unpaired) electrons. The second kappa shape index (κ2) is 9.89. The molecule has 6 nitrogen and oxygen atoms in total. The number of nitrogens with one attached hydrogen (secondary N) is 1. The van der Waals surface area contributed by atoms with Crippen LogP contribution in [0.4, 0.5) is 5.69 Å². The number of hydrogen-bond acceptors (Lipinski definition) is 4. The molecule has 8 heteroatoms. The smallest absolute Gasteiger partial charge is 0.320 e. The van der Waals surface area contributed by atoms with Crippen molar-refractivity contribution >= 4 is 37.6 Å². The van der Waals surface area contributed by atoms with Crippen molar-refractivity contribution in [3.63, 3.8) is 0 Å². The lowest BCUT2D eigenvalue weighted by Gasteiger charge is -2.11. The fraction of sp³-hybridized carbons (Fsp3) is 0.533. The Hall–Kier alpha value is -1.12. The number of hydrogen-bond donors (Lipinski definition) is 3. The van der Waals surface area contributed by atoms with Crippen LogP contribution in [0.25, 0.3) is 0 Å². The lowest BCUT2D eigenvalue weighted by molar-refractivity contribution is -0.138. The maximum atomic E-state index is 12.0. The number of alkyl halides is 1. The number of carboxylic acid groups (broad SMARTS) is 1. The summed E-state index contributed by atoms with van der Waals surface area (Å²) in [6, 6.07) is 5.65. The normalized spacial score (nSPS) is 12.8. The van der Waals surface area contributed by atoms with Gasteiger partial charge in [0.15, 0.2) is 0 Å². The van der Waals surface area contributed by atoms with Crippen LogP contribution in [0.5, 0.6) is 0 Å². The molecule has 1 aromatic rings. The monoisotopic (exact) mass is 406 g/mol. The maximum absolute atomic E-state index is 12.0. The van der Waals surface area contributed by atoms with E-state index in [0.29, 0.717) is 17.7 Å². The molecule has 0 spiro atoms. The number of sulfonamides is 1. The summed E-state index contributed by atoms with van der Waals surface area (Å²) in [5.41, 5.74) is 6.60. The molecule has 1 rings (SSSR count). The zero-order chi connectivity index (χ0) is 17.3. The Labute approximate surface area is 145 Å². The van der Waals surface area contributed by atoms with Crippen molar-refractivity contribution in [2.24, 2.45) is 5.73 Å². The first kappa shape index (κ1) is 19.9. The first-order valence-electron chi connectivity index (χ1n) is 7.48. The summed E-state index contributed by atoms with van der Waals surface area (Å²) in [4.78, 5) is 10.8. The quantitative estimate of drug-likeness (QED) is 0.385. The number of unbranched alkanes of at least 4 members (excludes halogenated alkanes) is 3. The Morgan fingerprint density at radius 2 is 1.96 bits per heavy atom. The molecule has 4 N–H and O–H groups in total. The number of carbonyl (C=O) groups is 1. The Morgan fingerprint density at radius 3 is 2.61 bits per heavy atom. The molecule has 23 heavy (non-hydrogen) atoms. The predicted molar refractivity (Wildman–Crippen MR) is 95.4 cm³/mol. The average Bonchev–Trinajstić information content (AvgIpc) is 2.46. The number of carboxylic acids is 1. The molecule has 0 aliphatic heterocycles. The van der Waals surface area contributed by atoms with Crippen LogP contribution in [0.15, 0.2) is 24.3 Å². The second-order valence-electron chi connectivity index (χ2n) is 5.37. The van der Waals surface area contributed by atoms with E-state index in [-0.39, 0.29) is 12.2 Å². The molecule has 0 saturated heterocycles. The van der Waals surface area contributed by atoms with Gasteiger partial charge in [0.2, 0.25) is 10.0 Å². The van der Waals surface area contributed by atoms with Crippen molar-refractivity contribution in [1.82, 2.24) is 0 Å². The summed E-state index contributed by atoms with van der Waals surface area (Å²) in [5, 5.41) is 9.75. The molecule has 0 aliphatic rings. The maximum Gasteiger partial charge on any atom is 0.320 e. The molecule has 1 atom stereocenters. The van der Waals surface area contributed by atoms with Crippen molar-refractivity contribution < 1.29 is 18.3 Å². The van der Waals surface area contributed by atoms with Gasteiger partial charge in [0.05, 0.1) is 5.75 Å². The molecule has 0 bridgehead atoms. The van der Waals surface area contributed by atoms with E-state index in [0.717, 1.165) is 24.6 Å². The Balaban J connectivity index is 2.57. The molecular weight excluding hydrogens is 384 g/mol. The zero-order valence-corrected chi connectivity index (χ0v) is 15.3. The van der Waals surface area contributed by atoms with Gasteiger partial charge in [0.25, 0.3) is 0 Å². The van der Waals surface area contributed by atoms with Crippen LogP contribution in [0.2, 0.25) is 0 Å². The van der Waals surface area contributed by atoms with Crippen molar-refractivity contribution in [3.8, 4) is 0 Å². The van der Waals surface area contributed by atoms with Gasteiger partial charge >= 0.3 is 5.97 Å². The van der Waals surface area contributed by atoms with Crippen LogP contribution in [-0.4, -0.2) is 36.6 Å². The van der Waals surface area contributed by atoms with Crippen molar-refractivity contribution in [2.45, 2.75) is 38.1 Å². The topological polar surface area (TPSA) is 109 Å². The third kappa shape index (κ3) is 8.34. The second-order valence-corrected chi connectivity index (χ2v) is 8.01. The first-order valence-corrected chi connectivity index (χ1v) is 10.3. The third-order valence-electron chi connectivity index (χ3n) is 3.27. The van der Waals surface area contributed by atoms with Crippen LogP contribution in [-0.2, 0) is 21.2 Å². The van der Waals surface area contributed by atoms with Gasteiger partial charge in [0, 0.05) is 11.0 Å². The van der Waals surface area contributed by atoms with Crippen molar-refractivity contribution in [3.05, 3.63) is 29.8 Å². The summed E-state index contributed by atoms with van der Waals surface area (Å²) in [6.45, 7) is 0. The first-order chi connectivity index (χ1) is 10.8. The van der Waals surface area contributed by atoms with Gasteiger partial charge in [-0.25, -0.2) is 8.42 Å². The molecule has 0 aliphatic carbocycles. The molecule has 130 valence electrons. The number of benzene rings is 1. The van der Waals surface area contributed by atoms with Crippen molar-refractivity contribution in [2.75, 3.05) is 15.8 Å². The molecule has 0 fully saturated rings. The number of nitrogens with two attached hydrogens (primary N) is 1. The van der Waals surface area contributed by atoms with Crippen LogP contribution < -0.4 is 10.5 Å². The van der Waals surface area contributed by atoms with Crippen molar-refractivity contribution in [1.29, 1.82) is 0 Å². The highest BCUT2D eigenvalue weighted by molar-refractivity contribution is 9.09. The Bertz CT molecular complexity index is 607. The van der Waals surface area contributed by atoms with E-state index >= 15 is 0 Å². The zero-order valence-electron chi connectivity index (χ0n) is 12.9. The molecular formula is C15H23BrN2O4S. The van der Waals surface area contributed by atoms with Crippen LogP contribution in [0.1, 0.15) is 31.2 Å². The minimum atomic E-state index is -3.39. The molecule has 0 heterocycles. The number of halogens is 1. The lowest BCUT2D eigenvalue weighted by Crippen LogP contribution is -2.32. The van der Waals surface area contributed by atoms with E-state index in [4.69, 9.17) is 10.8 Å². The van der Waals surface area contributed by atoms with Gasteiger partial charge in [-0.1, -0.05) is 40.9 Å². The summed E-state index contributed by atoms with van der Waals surface area (Å²) >= 11 is 3.34. The highest BCUT2D eigenvalue weighted by Gasteiger charge is 2.14. The Kier molecular flexibility index (Phi) is 8.57. The largest absolute Gasteiger partial charge is 0.480 e. The summed E-state index contributed by atoms with van der Waals surface area (Å²) in [7, 11) is -3.39. The third-order valence-corrected chi connectivity index (χ3v) is 5.20. The number of aliphatic carboxylic acids is 1. The van der Waals surface area contributed by atoms with Crippen LogP contribution >= 0.6 is 15.9 Å². The standard InChI is InChI=1S/C15H23BrN2O4S/c16-8-3-1-2-4-9-23(21,22)18-13-7-5-6-12(10-13)11-14(17)15(19)20/h5-7,10,14,18H,1-4,8-9,11,17H2,(H,19,20)/t14-/m0/s1.